The van der Waals surface area contributed by atoms with Gasteiger partial charge in [-0.2, -0.15) is 4.31 Å². The molecule has 0 radical (unpaired) electrons. The summed E-state index contributed by atoms with van der Waals surface area (Å²) < 4.78 is 26.5. The fourth-order valence-corrected chi connectivity index (χ4v) is 4.28. The van der Waals surface area contributed by atoms with Crippen LogP contribution in [0, 0.1) is 0 Å². The van der Waals surface area contributed by atoms with Gasteiger partial charge in [0.2, 0.25) is 10.0 Å². The maximum Gasteiger partial charge on any atom is 0.251 e. The molecular formula is C18H19ClN2O3S. The zero-order chi connectivity index (χ0) is 17.9. The molecule has 0 aliphatic carbocycles. The summed E-state index contributed by atoms with van der Waals surface area (Å²) in [4.78, 5) is 12.0. The number of amides is 1. The number of hydrogen-bond donors (Lipinski definition) is 1. The van der Waals surface area contributed by atoms with E-state index < -0.39 is 10.0 Å². The molecular weight excluding hydrogens is 360 g/mol. The summed E-state index contributed by atoms with van der Waals surface area (Å²) in [5, 5.41) is 3.19. The van der Waals surface area contributed by atoms with Crippen LogP contribution in [0.1, 0.15) is 21.5 Å². The number of nitrogens with one attached hydrogen (secondary N) is 1. The molecule has 132 valence electrons. The number of hydrogen-bond acceptors (Lipinski definition) is 3. The van der Waals surface area contributed by atoms with E-state index >= 15 is 0 Å². The molecule has 2 aromatic rings. The Morgan fingerprint density at radius 2 is 1.76 bits per heavy atom. The third kappa shape index (κ3) is 4.39. The third-order valence-corrected chi connectivity index (χ3v) is 6.31. The number of carbonyl (C=O) groups excluding carboxylic acids is 1. The highest BCUT2D eigenvalue weighted by Crippen LogP contribution is 2.20. The van der Waals surface area contributed by atoms with E-state index in [9.17, 15) is 13.2 Å². The SMILES string of the molecule is O=C(NCCS(=O)(=O)N1CCc2ccccc2C1)c1ccc(Cl)cc1. The minimum absolute atomic E-state index is 0.0714. The van der Waals surface area contributed by atoms with Crippen LogP contribution >= 0.6 is 11.6 Å². The smallest absolute Gasteiger partial charge is 0.251 e. The Morgan fingerprint density at radius 1 is 1.08 bits per heavy atom. The van der Waals surface area contributed by atoms with E-state index in [1.165, 1.54) is 9.87 Å². The average molecular weight is 379 g/mol. The third-order valence-electron chi connectivity index (χ3n) is 4.24. The van der Waals surface area contributed by atoms with Gasteiger partial charge < -0.3 is 5.32 Å². The molecule has 0 atom stereocenters. The van der Waals surface area contributed by atoms with E-state index in [0.717, 1.165) is 5.56 Å². The lowest BCUT2D eigenvalue weighted by atomic mass is 10.0. The number of carbonyl (C=O) groups is 1. The van der Waals surface area contributed by atoms with Crippen molar-refractivity contribution in [3.8, 4) is 0 Å². The van der Waals surface area contributed by atoms with Crippen molar-refractivity contribution in [3.05, 3.63) is 70.2 Å². The second-order valence-corrected chi connectivity index (χ2v) is 8.46. The van der Waals surface area contributed by atoms with Crippen LogP contribution in [0.2, 0.25) is 5.02 Å². The molecule has 3 rings (SSSR count). The van der Waals surface area contributed by atoms with Crippen molar-refractivity contribution in [3.63, 3.8) is 0 Å². The van der Waals surface area contributed by atoms with Crippen LogP contribution in [-0.2, 0) is 23.0 Å². The molecule has 1 N–H and O–H groups in total. The molecule has 0 spiro atoms. The van der Waals surface area contributed by atoms with Gasteiger partial charge in [0, 0.05) is 30.2 Å². The van der Waals surface area contributed by atoms with Crippen LogP contribution < -0.4 is 5.32 Å². The second kappa shape index (κ2) is 7.56. The molecule has 1 aliphatic heterocycles. The van der Waals surface area contributed by atoms with Gasteiger partial charge in [0.25, 0.3) is 5.91 Å². The van der Waals surface area contributed by atoms with Gasteiger partial charge >= 0.3 is 0 Å². The van der Waals surface area contributed by atoms with Crippen LogP contribution in [0.25, 0.3) is 0 Å². The first-order valence-electron chi connectivity index (χ1n) is 8.04. The molecule has 1 aliphatic rings. The van der Waals surface area contributed by atoms with E-state index in [1.807, 2.05) is 24.3 Å². The van der Waals surface area contributed by atoms with Crippen LogP contribution in [-0.4, -0.2) is 37.5 Å². The van der Waals surface area contributed by atoms with Crippen LogP contribution in [0.4, 0.5) is 0 Å². The number of sulfonamides is 1. The largest absolute Gasteiger partial charge is 0.351 e. The molecule has 0 unspecified atom stereocenters. The minimum atomic E-state index is -3.41. The van der Waals surface area contributed by atoms with E-state index in [0.29, 0.717) is 30.1 Å². The minimum Gasteiger partial charge on any atom is -0.351 e. The first-order chi connectivity index (χ1) is 12.0. The maximum absolute atomic E-state index is 12.5. The number of halogens is 1. The van der Waals surface area contributed by atoms with Crippen molar-refractivity contribution < 1.29 is 13.2 Å². The lowest BCUT2D eigenvalue weighted by molar-refractivity contribution is 0.0956. The van der Waals surface area contributed by atoms with Crippen molar-refractivity contribution >= 4 is 27.5 Å². The second-order valence-electron chi connectivity index (χ2n) is 5.93. The van der Waals surface area contributed by atoms with E-state index in [2.05, 4.69) is 5.32 Å². The molecule has 1 heterocycles. The summed E-state index contributed by atoms with van der Waals surface area (Å²) in [7, 11) is -3.41. The first kappa shape index (κ1) is 17.9. The van der Waals surface area contributed by atoms with Gasteiger partial charge in [-0.05, 0) is 41.8 Å². The van der Waals surface area contributed by atoms with Gasteiger partial charge in [0.1, 0.15) is 0 Å². The molecule has 25 heavy (non-hydrogen) atoms. The number of nitrogens with zero attached hydrogens (tertiary/aromatic N) is 1. The van der Waals surface area contributed by atoms with Gasteiger partial charge in [-0.15, -0.1) is 0 Å². The molecule has 0 aromatic heterocycles. The summed E-state index contributed by atoms with van der Waals surface area (Å²) in [6, 6.07) is 14.3. The Labute approximate surface area is 152 Å². The Balaban J connectivity index is 1.56. The summed E-state index contributed by atoms with van der Waals surface area (Å²) >= 11 is 5.79. The fourth-order valence-electron chi connectivity index (χ4n) is 2.83. The zero-order valence-electron chi connectivity index (χ0n) is 13.6. The van der Waals surface area contributed by atoms with Crippen LogP contribution in [0.3, 0.4) is 0 Å². The number of benzene rings is 2. The lowest BCUT2D eigenvalue weighted by Crippen LogP contribution is -2.40. The van der Waals surface area contributed by atoms with E-state index in [4.69, 9.17) is 11.6 Å². The molecule has 2 aromatic carbocycles. The van der Waals surface area contributed by atoms with Crippen LogP contribution in [0.5, 0.6) is 0 Å². The van der Waals surface area contributed by atoms with Gasteiger partial charge in [-0.3, -0.25) is 4.79 Å². The summed E-state index contributed by atoms with van der Waals surface area (Å²) in [5.41, 5.74) is 2.70. The number of fused-ring (bicyclic) bond motifs is 1. The molecule has 0 saturated heterocycles. The molecule has 0 bridgehead atoms. The molecule has 7 heteroatoms. The molecule has 0 fully saturated rings. The average Bonchev–Trinajstić information content (AvgIpc) is 2.61. The van der Waals surface area contributed by atoms with Crippen molar-refractivity contribution in [2.45, 2.75) is 13.0 Å². The predicted octanol–water partition coefficient (Wildman–Crippen LogP) is 2.46. The zero-order valence-corrected chi connectivity index (χ0v) is 15.2. The molecule has 0 saturated carbocycles. The van der Waals surface area contributed by atoms with Crippen molar-refractivity contribution in [2.24, 2.45) is 0 Å². The highest BCUT2D eigenvalue weighted by molar-refractivity contribution is 7.89. The lowest BCUT2D eigenvalue weighted by Gasteiger charge is -2.28. The summed E-state index contributed by atoms with van der Waals surface area (Å²) in [5.74, 6) is -0.426. The van der Waals surface area contributed by atoms with Gasteiger partial charge in [0.15, 0.2) is 0 Å². The Kier molecular flexibility index (Phi) is 5.42. The highest BCUT2D eigenvalue weighted by atomic mass is 35.5. The Morgan fingerprint density at radius 3 is 2.48 bits per heavy atom. The van der Waals surface area contributed by atoms with Crippen molar-refractivity contribution in [1.82, 2.24) is 9.62 Å². The predicted molar refractivity (Wildman–Crippen MR) is 98.1 cm³/mol. The molecule has 5 nitrogen and oxygen atoms in total. The summed E-state index contributed by atoms with van der Waals surface area (Å²) in [6.45, 7) is 0.941. The maximum atomic E-state index is 12.5. The van der Waals surface area contributed by atoms with Gasteiger partial charge in [-0.25, -0.2) is 8.42 Å². The monoisotopic (exact) mass is 378 g/mol. The Hall–Kier alpha value is -1.89. The normalized spacial score (nSPS) is 14.8. The standard InChI is InChI=1S/C18H19ClN2O3S/c19-17-7-5-15(6-8-17)18(22)20-10-12-25(23,24)21-11-9-14-3-1-2-4-16(14)13-21/h1-8H,9-13H2,(H,20,22). The highest BCUT2D eigenvalue weighted by Gasteiger charge is 2.26. The fraction of sp³-hybridized carbons (Fsp3) is 0.278. The van der Waals surface area contributed by atoms with Gasteiger partial charge in [0.05, 0.1) is 5.75 Å². The van der Waals surface area contributed by atoms with E-state index in [1.54, 1.807) is 24.3 Å². The molecule has 1 amide bonds. The quantitative estimate of drug-likeness (QED) is 0.869. The number of rotatable bonds is 5. The van der Waals surface area contributed by atoms with Crippen LogP contribution in [0.15, 0.2) is 48.5 Å². The van der Waals surface area contributed by atoms with Crippen molar-refractivity contribution in [2.75, 3.05) is 18.8 Å². The van der Waals surface area contributed by atoms with Gasteiger partial charge in [-0.1, -0.05) is 35.9 Å². The van der Waals surface area contributed by atoms with E-state index in [-0.39, 0.29) is 18.2 Å². The Bertz CT molecular complexity index is 866. The first-order valence-corrected chi connectivity index (χ1v) is 10.0. The topological polar surface area (TPSA) is 66.5 Å². The van der Waals surface area contributed by atoms with Crippen molar-refractivity contribution in [1.29, 1.82) is 0 Å². The summed E-state index contributed by atoms with van der Waals surface area (Å²) in [6.07, 6.45) is 0.715.